The van der Waals surface area contributed by atoms with Crippen LogP contribution in [0.3, 0.4) is 0 Å². The van der Waals surface area contributed by atoms with E-state index in [0.717, 1.165) is 11.9 Å². The smallest absolute Gasteiger partial charge is 0.257 e. The molecule has 0 radical (unpaired) electrons. The molecule has 2 aromatic rings. The number of methoxy groups -OCH3 is 1. The largest absolute Gasteiger partial charge is 0.488 e. The minimum absolute atomic E-state index is 0.0379. The summed E-state index contributed by atoms with van der Waals surface area (Å²) in [5.41, 5.74) is 1.20. The van der Waals surface area contributed by atoms with Gasteiger partial charge in [0.25, 0.3) is 5.91 Å². The SMILES string of the molecule is COc1cc(C(=O)N2C[C@H]3C[C@@H](Oc4ccc(C(C)C)cc4)[C@H](O)C[C@H]3C2)c(F)cn1. The molecule has 0 spiro atoms. The second-order valence-electron chi connectivity index (χ2n) is 8.86. The molecule has 6 nitrogen and oxygen atoms in total. The van der Waals surface area contributed by atoms with E-state index in [0.29, 0.717) is 31.8 Å². The summed E-state index contributed by atoms with van der Waals surface area (Å²) in [6.07, 6.45) is 1.31. The van der Waals surface area contributed by atoms with Crippen LogP contribution in [0.5, 0.6) is 11.6 Å². The summed E-state index contributed by atoms with van der Waals surface area (Å²) in [6, 6.07) is 9.31. The number of carbonyl (C=O) groups excluding carboxylic acids is 1. The van der Waals surface area contributed by atoms with E-state index in [1.54, 1.807) is 4.90 Å². The molecule has 4 rings (SSSR count). The van der Waals surface area contributed by atoms with Crippen molar-refractivity contribution in [2.45, 2.75) is 44.8 Å². The van der Waals surface area contributed by atoms with Crippen LogP contribution in [0.15, 0.2) is 36.5 Å². The van der Waals surface area contributed by atoms with Crippen LogP contribution < -0.4 is 9.47 Å². The first-order chi connectivity index (χ1) is 14.9. The Hall–Kier alpha value is -2.67. The molecule has 7 heteroatoms. The van der Waals surface area contributed by atoms with Crippen LogP contribution in [0.25, 0.3) is 0 Å². The van der Waals surface area contributed by atoms with Crippen molar-refractivity contribution in [3.05, 3.63) is 53.5 Å². The summed E-state index contributed by atoms with van der Waals surface area (Å²) < 4.78 is 25.3. The van der Waals surface area contributed by atoms with Crippen LogP contribution in [0.4, 0.5) is 4.39 Å². The fourth-order valence-electron chi connectivity index (χ4n) is 4.65. The Balaban J connectivity index is 1.42. The fourth-order valence-corrected chi connectivity index (χ4v) is 4.65. The number of amides is 1. The standard InChI is InChI=1S/C24H29FN2O4/c1-14(2)15-4-6-18(7-5-15)31-22-9-17-13-27(12-16(17)8-21(22)28)24(29)19-10-23(30-3)26-11-20(19)25/h4-7,10-11,14,16-17,21-22,28H,8-9,12-13H2,1-3H3/t16-,17+,21+,22+/m0/s1. The average Bonchev–Trinajstić information content (AvgIpc) is 3.17. The van der Waals surface area contributed by atoms with Crippen LogP contribution >= 0.6 is 0 Å². The summed E-state index contributed by atoms with van der Waals surface area (Å²) in [5.74, 6) is 0.739. The van der Waals surface area contributed by atoms with Gasteiger partial charge in [-0.05, 0) is 48.3 Å². The summed E-state index contributed by atoms with van der Waals surface area (Å²) in [5, 5.41) is 10.7. The van der Waals surface area contributed by atoms with Crippen LogP contribution in [0.2, 0.25) is 0 Å². The first-order valence-electron chi connectivity index (χ1n) is 10.8. The molecule has 1 aromatic carbocycles. The Bertz CT molecular complexity index is 934. The number of fused-ring (bicyclic) bond motifs is 1. The lowest BCUT2D eigenvalue weighted by molar-refractivity contribution is -0.0231. The van der Waals surface area contributed by atoms with Gasteiger partial charge in [0.2, 0.25) is 5.88 Å². The first-order valence-corrected chi connectivity index (χ1v) is 10.8. The van der Waals surface area contributed by atoms with Gasteiger partial charge in [0.05, 0.1) is 25.0 Å². The van der Waals surface area contributed by atoms with E-state index in [-0.39, 0.29) is 35.3 Å². The Morgan fingerprint density at radius 2 is 1.87 bits per heavy atom. The van der Waals surface area contributed by atoms with Crippen molar-refractivity contribution in [1.29, 1.82) is 0 Å². The van der Waals surface area contributed by atoms with Crippen molar-refractivity contribution in [2.24, 2.45) is 11.8 Å². The number of benzene rings is 1. The van der Waals surface area contributed by atoms with E-state index >= 15 is 0 Å². The molecule has 2 fully saturated rings. The Labute approximate surface area is 182 Å². The number of pyridine rings is 1. The number of nitrogens with zero attached hydrogens (tertiary/aromatic N) is 2. The number of hydrogen-bond acceptors (Lipinski definition) is 5. The molecule has 1 amide bonds. The van der Waals surface area contributed by atoms with Gasteiger partial charge in [0.1, 0.15) is 11.9 Å². The van der Waals surface area contributed by atoms with Crippen molar-refractivity contribution in [2.75, 3.05) is 20.2 Å². The summed E-state index contributed by atoms with van der Waals surface area (Å²) >= 11 is 0. The maximum Gasteiger partial charge on any atom is 0.257 e. The van der Waals surface area contributed by atoms with Gasteiger partial charge in [-0.3, -0.25) is 4.79 Å². The zero-order chi connectivity index (χ0) is 22.1. The number of carbonyl (C=O) groups is 1. The molecule has 1 aliphatic heterocycles. The second-order valence-corrected chi connectivity index (χ2v) is 8.86. The quantitative estimate of drug-likeness (QED) is 0.787. The van der Waals surface area contributed by atoms with E-state index in [1.165, 1.54) is 18.7 Å². The van der Waals surface area contributed by atoms with Crippen molar-refractivity contribution in [1.82, 2.24) is 9.88 Å². The van der Waals surface area contributed by atoms with E-state index in [4.69, 9.17) is 9.47 Å². The van der Waals surface area contributed by atoms with Gasteiger partial charge in [0.15, 0.2) is 5.82 Å². The molecule has 1 aromatic heterocycles. The number of aromatic nitrogens is 1. The lowest BCUT2D eigenvalue weighted by Gasteiger charge is -2.35. The molecule has 0 bridgehead atoms. The number of ether oxygens (including phenoxy) is 2. The molecule has 2 heterocycles. The summed E-state index contributed by atoms with van der Waals surface area (Å²) in [7, 11) is 1.43. The maximum absolute atomic E-state index is 14.2. The van der Waals surface area contributed by atoms with Gasteiger partial charge in [0, 0.05) is 19.2 Å². The van der Waals surface area contributed by atoms with Gasteiger partial charge < -0.3 is 19.5 Å². The lowest BCUT2D eigenvalue weighted by atomic mass is 9.78. The van der Waals surface area contributed by atoms with Gasteiger partial charge in [-0.15, -0.1) is 0 Å². The Kier molecular flexibility index (Phi) is 6.14. The molecule has 1 saturated carbocycles. The molecule has 31 heavy (non-hydrogen) atoms. The number of likely N-dealkylation sites (tertiary alicyclic amines) is 1. The van der Waals surface area contributed by atoms with Crippen LogP contribution in [0, 0.1) is 17.7 Å². The van der Waals surface area contributed by atoms with Gasteiger partial charge in [-0.25, -0.2) is 9.37 Å². The Morgan fingerprint density at radius 3 is 2.52 bits per heavy atom. The lowest BCUT2D eigenvalue weighted by Crippen LogP contribution is -2.42. The second kappa shape index (κ2) is 8.83. The average molecular weight is 429 g/mol. The number of halogens is 1. The van der Waals surface area contributed by atoms with Crippen molar-refractivity contribution in [3.8, 4) is 11.6 Å². The molecular weight excluding hydrogens is 399 g/mol. The minimum Gasteiger partial charge on any atom is -0.488 e. The third kappa shape index (κ3) is 4.51. The van der Waals surface area contributed by atoms with Gasteiger partial charge >= 0.3 is 0 Å². The zero-order valence-corrected chi connectivity index (χ0v) is 18.1. The molecular formula is C24H29FN2O4. The fraction of sp³-hybridized carbons (Fsp3) is 0.500. The van der Waals surface area contributed by atoms with Crippen molar-refractivity contribution < 1.29 is 23.8 Å². The molecule has 166 valence electrons. The van der Waals surface area contributed by atoms with Crippen LogP contribution in [-0.2, 0) is 0 Å². The number of aliphatic hydroxyl groups is 1. The van der Waals surface area contributed by atoms with Crippen LogP contribution in [-0.4, -0.2) is 53.3 Å². The molecule has 2 aliphatic rings. The van der Waals surface area contributed by atoms with E-state index in [1.807, 2.05) is 24.3 Å². The number of hydrogen-bond donors (Lipinski definition) is 1. The highest BCUT2D eigenvalue weighted by atomic mass is 19.1. The molecule has 1 aliphatic carbocycles. The van der Waals surface area contributed by atoms with Gasteiger partial charge in [-0.2, -0.15) is 0 Å². The van der Waals surface area contributed by atoms with Gasteiger partial charge in [-0.1, -0.05) is 26.0 Å². The maximum atomic E-state index is 14.2. The summed E-state index contributed by atoms with van der Waals surface area (Å²) in [4.78, 5) is 18.4. The monoisotopic (exact) mass is 428 g/mol. The highest BCUT2D eigenvalue weighted by Crippen LogP contribution is 2.38. The normalized spacial score (nSPS) is 25.4. The number of aliphatic hydroxyl groups excluding tert-OH is 1. The van der Waals surface area contributed by atoms with Crippen LogP contribution in [0.1, 0.15) is 48.5 Å². The first kappa shape index (κ1) is 21.6. The molecule has 1 N–H and O–H groups in total. The molecule has 1 saturated heterocycles. The third-order valence-corrected chi connectivity index (χ3v) is 6.48. The zero-order valence-electron chi connectivity index (χ0n) is 18.1. The highest BCUT2D eigenvalue weighted by molar-refractivity contribution is 5.95. The molecule has 0 unspecified atom stereocenters. The minimum atomic E-state index is -0.660. The van der Waals surface area contributed by atoms with E-state index < -0.39 is 11.9 Å². The number of rotatable bonds is 5. The predicted octanol–water partition coefficient (Wildman–Crippen LogP) is 3.64. The predicted molar refractivity (Wildman–Crippen MR) is 114 cm³/mol. The topological polar surface area (TPSA) is 71.9 Å². The third-order valence-electron chi connectivity index (χ3n) is 6.48. The van der Waals surface area contributed by atoms with Crippen molar-refractivity contribution in [3.63, 3.8) is 0 Å². The summed E-state index contributed by atoms with van der Waals surface area (Å²) in [6.45, 7) is 5.30. The van der Waals surface area contributed by atoms with E-state index in [9.17, 15) is 14.3 Å². The molecule has 4 atom stereocenters. The highest BCUT2D eigenvalue weighted by Gasteiger charge is 2.44. The van der Waals surface area contributed by atoms with E-state index in [2.05, 4.69) is 18.8 Å². The van der Waals surface area contributed by atoms with Crippen molar-refractivity contribution >= 4 is 5.91 Å². The Morgan fingerprint density at radius 1 is 1.19 bits per heavy atom.